The summed E-state index contributed by atoms with van der Waals surface area (Å²) in [6.07, 6.45) is -0.859. The van der Waals surface area contributed by atoms with E-state index in [0.29, 0.717) is 6.07 Å². The summed E-state index contributed by atoms with van der Waals surface area (Å²) < 4.78 is 32.1. The fraction of sp³-hybridized carbons (Fsp3) is 0.429. The zero-order chi connectivity index (χ0) is 16.4. The number of ketones is 1. The Bertz CT molecular complexity index is 570. The van der Waals surface area contributed by atoms with Gasteiger partial charge in [0.2, 0.25) is 0 Å². The molecule has 0 saturated carbocycles. The number of amides is 1. The smallest absolute Gasteiger partial charge is 0.408 e. The fourth-order valence-corrected chi connectivity index (χ4v) is 1.94. The lowest BCUT2D eigenvalue weighted by Gasteiger charge is -2.23. The van der Waals surface area contributed by atoms with E-state index in [-0.39, 0.29) is 10.0 Å². The number of rotatable bonds is 3. The van der Waals surface area contributed by atoms with Crippen molar-refractivity contribution in [2.24, 2.45) is 0 Å². The van der Waals surface area contributed by atoms with E-state index in [1.165, 1.54) is 6.92 Å². The Kier molecular flexibility index (Phi) is 5.44. The van der Waals surface area contributed by atoms with Crippen LogP contribution in [-0.4, -0.2) is 17.5 Å². The summed E-state index contributed by atoms with van der Waals surface area (Å²) in [4.78, 5) is 23.4. The van der Waals surface area contributed by atoms with Crippen LogP contribution in [0.4, 0.5) is 13.6 Å². The van der Waals surface area contributed by atoms with E-state index in [1.54, 1.807) is 20.8 Å². The van der Waals surface area contributed by atoms with Gasteiger partial charge in [-0.15, -0.1) is 0 Å². The van der Waals surface area contributed by atoms with Crippen molar-refractivity contribution in [1.82, 2.24) is 5.32 Å². The van der Waals surface area contributed by atoms with E-state index in [9.17, 15) is 18.4 Å². The highest BCUT2D eigenvalue weighted by molar-refractivity contribution is 9.10. The van der Waals surface area contributed by atoms with Gasteiger partial charge < -0.3 is 10.1 Å². The van der Waals surface area contributed by atoms with Crippen molar-refractivity contribution in [2.75, 3.05) is 0 Å². The van der Waals surface area contributed by atoms with Gasteiger partial charge in [-0.3, -0.25) is 4.79 Å². The van der Waals surface area contributed by atoms with Gasteiger partial charge in [0.25, 0.3) is 0 Å². The molecule has 1 atom stereocenters. The van der Waals surface area contributed by atoms with Crippen LogP contribution in [0.1, 0.15) is 39.3 Å². The number of carbonyl (C=O) groups excluding carboxylic acids is 2. The van der Waals surface area contributed by atoms with Crippen molar-refractivity contribution in [1.29, 1.82) is 0 Å². The number of hydrogen-bond acceptors (Lipinski definition) is 3. The van der Waals surface area contributed by atoms with Gasteiger partial charge in [0.15, 0.2) is 5.78 Å². The van der Waals surface area contributed by atoms with Crippen molar-refractivity contribution in [3.8, 4) is 0 Å². The molecule has 1 N–H and O–H groups in total. The molecule has 0 aromatic heterocycles. The molecule has 0 radical (unpaired) electrons. The van der Waals surface area contributed by atoms with E-state index in [2.05, 4.69) is 21.2 Å². The molecule has 0 heterocycles. The number of halogens is 3. The lowest BCUT2D eigenvalue weighted by molar-refractivity contribution is -0.119. The third kappa shape index (κ3) is 5.08. The number of nitrogens with one attached hydrogen (secondary N) is 1. The normalized spacial score (nSPS) is 12.7. The lowest BCUT2D eigenvalue weighted by atomic mass is 10.0. The zero-order valence-electron chi connectivity index (χ0n) is 12.1. The highest BCUT2D eigenvalue weighted by Crippen LogP contribution is 2.25. The zero-order valence-corrected chi connectivity index (χ0v) is 13.7. The Labute approximate surface area is 130 Å². The number of Topliss-reactive ketones (excluding diaryl/α,β-unsaturated/α-hetero) is 1. The molecule has 1 rings (SSSR count). The van der Waals surface area contributed by atoms with Crippen LogP contribution in [0.5, 0.6) is 0 Å². The first kappa shape index (κ1) is 17.6. The molecule has 0 aliphatic heterocycles. The molecule has 0 saturated heterocycles. The molecule has 0 bridgehead atoms. The highest BCUT2D eigenvalue weighted by atomic mass is 79.9. The van der Waals surface area contributed by atoms with E-state index < -0.39 is 35.2 Å². The van der Waals surface area contributed by atoms with Crippen molar-refractivity contribution >= 4 is 27.8 Å². The summed E-state index contributed by atoms with van der Waals surface area (Å²) in [5.41, 5.74) is -0.894. The molecule has 21 heavy (non-hydrogen) atoms. The molecule has 0 aliphatic carbocycles. The first-order valence-corrected chi connectivity index (χ1v) is 6.95. The molecular weight excluding hydrogens is 348 g/mol. The maximum absolute atomic E-state index is 13.8. The van der Waals surface area contributed by atoms with Crippen LogP contribution in [0, 0.1) is 11.6 Å². The van der Waals surface area contributed by atoms with Gasteiger partial charge >= 0.3 is 6.09 Å². The molecule has 1 unspecified atom stereocenters. The van der Waals surface area contributed by atoms with Crippen molar-refractivity contribution in [3.05, 3.63) is 33.8 Å². The first-order valence-electron chi connectivity index (χ1n) is 6.15. The predicted molar refractivity (Wildman–Crippen MR) is 76.8 cm³/mol. The number of ether oxygens (including phenoxy) is 1. The van der Waals surface area contributed by atoms with Crippen LogP contribution in [0.2, 0.25) is 0 Å². The SMILES string of the molecule is CC(=O)C(NC(=O)OC(C)(C)C)c1cc(Br)c(F)cc1F. The molecule has 1 aromatic carbocycles. The Morgan fingerprint density at radius 1 is 1.24 bits per heavy atom. The summed E-state index contributed by atoms with van der Waals surface area (Å²) in [5.74, 6) is -2.22. The molecule has 1 amide bonds. The quantitative estimate of drug-likeness (QED) is 0.829. The van der Waals surface area contributed by atoms with Gasteiger partial charge in [0.1, 0.15) is 23.3 Å². The minimum atomic E-state index is -1.25. The molecule has 7 heteroatoms. The standard InChI is InChI=1S/C14H16BrF2NO3/c1-7(19)12(18-13(20)21-14(2,3)4)8-5-9(15)11(17)6-10(8)16/h5-6,12H,1-4H3,(H,18,20). The number of hydrogen-bond donors (Lipinski definition) is 1. The monoisotopic (exact) mass is 363 g/mol. The summed E-state index contributed by atoms with van der Waals surface area (Å²) in [6.45, 7) is 6.16. The third-order valence-electron chi connectivity index (χ3n) is 2.42. The van der Waals surface area contributed by atoms with Crippen LogP contribution >= 0.6 is 15.9 Å². The summed E-state index contributed by atoms with van der Waals surface area (Å²) in [7, 11) is 0. The average molecular weight is 364 g/mol. The maximum Gasteiger partial charge on any atom is 0.408 e. The molecule has 116 valence electrons. The second kappa shape index (κ2) is 6.51. The largest absolute Gasteiger partial charge is 0.444 e. The number of carbonyl (C=O) groups is 2. The van der Waals surface area contributed by atoms with Crippen LogP contribution in [0.25, 0.3) is 0 Å². The third-order valence-corrected chi connectivity index (χ3v) is 3.03. The molecule has 0 fully saturated rings. The van der Waals surface area contributed by atoms with Crippen molar-refractivity contribution in [2.45, 2.75) is 39.3 Å². The molecule has 0 spiro atoms. The summed E-state index contributed by atoms with van der Waals surface area (Å²) >= 11 is 2.92. The summed E-state index contributed by atoms with van der Waals surface area (Å²) in [6, 6.07) is 0.511. The second-order valence-corrected chi connectivity index (χ2v) is 6.33. The van der Waals surface area contributed by atoms with Crippen molar-refractivity contribution < 1.29 is 23.1 Å². The lowest BCUT2D eigenvalue weighted by Crippen LogP contribution is -2.37. The highest BCUT2D eigenvalue weighted by Gasteiger charge is 2.26. The van der Waals surface area contributed by atoms with Crippen LogP contribution < -0.4 is 5.32 Å². The molecule has 0 aliphatic rings. The van der Waals surface area contributed by atoms with Crippen molar-refractivity contribution in [3.63, 3.8) is 0 Å². The second-order valence-electron chi connectivity index (χ2n) is 5.48. The van der Waals surface area contributed by atoms with E-state index in [1.807, 2.05) is 0 Å². The van der Waals surface area contributed by atoms with Gasteiger partial charge in [-0.25, -0.2) is 13.6 Å². The van der Waals surface area contributed by atoms with Gasteiger partial charge in [-0.2, -0.15) is 0 Å². The van der Waals surface area contributed by atoms with Crippen LogP contribution in [0.3, 0.4) is 0 Å². The van der Waals surface area contributed by atoms with Gasteiger partial charge in [0.05, 0.1) is 4.47 Å². The van der Waals surface area contributed by atoms with Gasteiger partial charge in [0, 0.05) is 11.6 Å². The van der Waals surface area contributed by atoms with E-state index >= 15 is 0 Å². The fourth-order valence-electron chi connectivity index (χ4n) is 1.58. The maximum atomic E-state index is 13.8. The summed E-state index contributed by atoms with van der Waals surface area (Å²) in [5, 5.41) is 2.28. The number of benzene rings is 1. The predicted octanol–water partition coefficient (Wildman–Crippen LogP) is 3.88. The molecule has 1 aromatic rings. The average Bonchev–Trinajstić information content (AvgIpc) is 2.28. The van der Waals surface area contributed by atoms with Crippen LogP contribution in [0.15, 0.2) is 16.6 Å². The van der Waals surface area contributed by atoms with Crippen LogP contribution in [-0.2, 0) is 9.53 Å². The van der Waals surface area contributed by atoms with Gasteiger partial charge in [-0.05, 0) is 49.7 Å². The Morgan fingerprint density at radius 3 is 2.29 bits per heavy atom. The minimum Gasteiger partial charge on any atom is -0.444 e. The van der Waals surface area contributed by atoms with E-state index in [0.717, 1.165) is 6.07 Å². The Balaban J connectivity index is 3.06. The molecule has 4 nitrogen and oxygen atoms in total. The first-order chi connectivity index (χ1) is 9.51. The van der Waals surface area contributed by atoms with Gasteiger partial charge in [-0.1, -0.05) is 0 Å². The Morgan fingerprint density at radius 2 is 1.81 bits per heavy atom. The molecular formula is C14H16BrF2NO3. The van der Waals surface area contributed by atoms with E-state index in [4.69, 9.17) is 4.74 Å². The number of alkyl carbamates (subject to hydrolysis) is 1. The minimum absolute atomic E-state index is 0.00358. The topological polar surface area (TPSA) is 55.4 Å². The Hall–Kier alpha value is -1.50.